The summed E-state index contributed by atoms with van der Waals surface area (Å²) in [4.78, 5) is 28.2. The van der Waals surface area contributed by atoms with Crippen molar-refractivity contribution < 1.29 is 18.0 Å². The first-order valence-electron chi connectivity index (χ1n) is 8.88. The van der Waals surface area contributed by atoms with E-state index < -0.39 is 15.9 Å². The first kappa shape index (κ1) is 18.6. The molecular formula is C19H24N2O4S. The van der Waals surface area contributed by atoms with Crippen molar-refractivity contribution in [1.29, 1.82) is 0 Å². The highest BCUT2D eigenvalue weighted by atomic mass is 32.2. The normalized spacial score (nSPS) is 23.5. The summed E-state index contributed by atoms with van der Waals surface area (Å²) in [5, 5.41) is 0. The molecule has 2 saturated heterocycles. The maximum Gasteiger partial charge on any atom is 0.245 e. The lowest BCUT2D eigenvalue weighted by Crippen LogP contribution is -2.50. The molecule has 0 saturated carbocycles. The summed E-state index contributed by atoms with van der Waals surface area (Å²) in [7, 11) is -3.16. The first-order chi connectivity index (χ1) is 12.4. The third kappa shape index (κ3) is 3.98. The number of likely N-dealkylation sites (tertiary alicyclic amines) is 1. The van der Waals surface area contributed by atoms with Gasteiger partial charge >= 0.3 is 0 Å². The Labute approximate surface area is 154 Å². The van der Waals surface area contributed by atoms with E-state index >= 15 is 0 Å². The predicted molar refractivity (Wildman–Crippen MR) is 99.1 cm³/mol. The summed E-state index contributed by atoms with van der Waals surface area (Å²) in [5.74, 6) is -0.302. The molecule has 2 heterocycles. The van der Waals surface area contributed by atoms with Crippen LogP contribution in [0, 0.1) is 5.92 Å². The second-order valence-corrected chi connectivity index (χ2v) is 9.10. The number of sulfone groups is 1. The average Bonchev–Trinajstić information content (AvgIpc) is 2.67. The summed E-state index contributed by atoms with van der Waals surface area (Å²) in [6.45, 7) is 4.79. The zero-order valence-electron chi connectivity index (χ0n) is 14.7. The number of carbonyl (C=O) groups is 2. The minimum absolute atomic E-state index is 0.000505. The van der Waals surface area contributed by atoms with Crippen LogP contribution in [0.1, 0.15) is 24.4 Å². The monoisotopic (exact) mass is 376 g/mol. The van der Waals surface area contributed by atoms with Gasteiger partial charge in [0.2, 0.25) is 11.8 Å². The summed E-state index contributed by atoms with van der Waals surface area (Å²) in [6.07, 6.45) is 2.50. The van der Waals surface area contributed by atoms with Gasteiger partial charge < -0.3 is 9.80 Å². The van der Waals surface area contributed by atoms with E-state index in [9.17, 15) is 18.0 Å². The highest BCUT2D eigenvalue weighted by molar-refractivity contribution is 7.91. The topological polar surface area (TPSA) is 74.8 Å². The van der Waals surface area contributed by atoms with Crippen molar-refractivity contribution in [3.8, 4) is 0 Å². The zero-order chi connectivity index (χ0) is 18.7. The van der Waals surface area contributed by atoms with Crippen molar-refractivity contribution >= 4 is 21.7 Å². The molecule has 2 fully saturated rings. The van der Waals surface area contributed by atoms with E-state index in [2.05, 4.69) is 6.58 Å². The average molecular weight is 376 g/mol. The maximum absolute atomic E-state index is 13.1. The second-order valence-electron chi connectivity index (χ2n) is 6.88. The van der Waals surface area contributed by atoms with E-state index in [0.29, 0.717) is 25.9 Å². The lowest BCUT2D eigenvalue weighted by Gasteiger charge is -2.39. The molecule has 3 rings (SSSR count). The fraction of sp³-hybridized carbons (Fsp3) is 0.474. The molecule has 1 unspecified atom stereocenters. The SMILES string of the molecule is C=CC(=O)N1CCC(C(=O)N2CCS(=O)(=O)CC2c2ccccc2)CC1. The molecule has 0 aromatic heterocycles. The van der Waals surface area contributed by atoms with E-state index in [0.717, 1.165) is 5.56 Å². The Bertz CT molecular complexity index is 783. The Balaban J connectivity index is 1.75. The first-order valence-corrected chi connectivity index (χ1v) is 10.7. The Morgan fingerprint density at radius 1 is 1.08 bits per heavy atom. The highest BCUT2D eigenvalue weighted by Crippen LogP contribution is 2.30. The molecule has 140 valence electrons. The van der Waals surface area contributed by atoms with Gasteiger partial charge in [-0.05, 0) is 24.5 Å². The Morgan fingerprint density at radius 3 is 2.35 bits per heavy atom. The van der Waals surface area contributed by atoms with Crippen LogP contribution in [0.15, 0.2) is 43.0 Å². The van der Waals surface area contributed by atoms with Crippen molar-refractivity contribution in [2.24, 2.45) is 5.92 Å². The van der Waals surface area contributed by atoms with Crippen LogP contribution in [0.2, 0.25) is 0 Å². The molecule has 1 atom stereocenters. The minimum atomic E-state index is -3.16. The van der Waals surface area contributed by atoms with Crippen LogP contribution >= 0.6 is 0 Å². The van der Waals surface area contributed by atoms with Gasteiger partial charge in [-0.1, -0.05) is 36.9 Å². The van der Waals surface area contributed by atoms with Gasteiger partial charge in [-0.25, -0.2) is 8.42 Å². The van der Waals surface area contributed by atoms with Crippen LogP contribution in [0.4, 0.5) is 0 Å². The smallest absolute Gasteiger partial charge is 0.245 e. The van der Waals surface area contributed by atoms with Crippen molar-refractivity contribution in [3.63, 3.8) is 0 Å². The molecule has 0 aliphatic carbocycles. The van der Waals surface area contributed by atoms with E-state index in [4.69, 9.17) is 0 Å². The van der Waals surface area contributed by atoms with Gasteiger partial charge in [0.05, 0.1) is 17.5 Å². The molecule has 2 aliphatic rings. The standard InChI is InChI=1S/C19H24N2O4S/c1-2-18(22)20-10-8-16(9-11-20)19(23)21-12-13-26(24,25)14-17(21)15-6-4-3-5-7-15/h2-7,16-17H,1,8-14H2. The third-order valence-electron chi connectivity index (χ3n) is 5.23. The van der Waals surface area contributed by atoms with Crippen molar-refractivity contribution in [3.05, 3.63) is 48.6 Å². The molecule has 0 radical (unpaired) electrons. The van der Waals surface area contributed by atoms with Gasteiger partial charge in [0, 0.05) is 25.6 Å². The predicted octanol–water partition coefficient (Wildman–Crippen LogP) is 1.41. The van der Waals surface area contributed by atoms with Crippen LogP contribution in [-0.2, 0) is 19.4 Å². The molecule has 0 bridgehead atoms. The Morgan fingerprint density at radius 2 is 1.73 bits per heavy atom. The van der Waals surface area contributed by atoms with Crippen molar-refractivity contribution in [1.82, 2.24) is 9.80 Å². The molecule has 7 heteroatoms. The van der Waals surface area contributed by atoms with E-state index in [1.54, 1.807) is 9.80 Å². The van der Waals surface area contributed by atoms with Gasteiger partial charge in [0.1, 0.15) is 0 Å². The molecule has 0 N–H and O–H groups in total. The molecule has 2 amide bonds. The second kappa shape index (κ2) is 7.61. The zero-order valence-corrected chi connectivity index (χ0v) is 15.5. The third-order valence-corrected chi connectivity index (χ3v) is 6.86. The van der Waals surface area contributed by atoms with Crippen LogP contribution in [0.5, 0.6) is 0 Å². The summed E-state index contributed by atoms with van der Waals surface area (Å²) < 4.78 is 24.3. The van der Waals surface area contributed by atoms with Crippen molar-refractivity contribution in [2.45, 2.75) is 18.9 Å². The number of carbonyl (C=O) groups excluding carboxylic acids is 2. The molecule has 0 spiro atoms. The van der Waals surface area contributed by atoms with E-state index in [1.807, 2.05) is 30.3 Å². The van der Waals surface area contributed by atoms with Gasteiger partial charge in [-0.2, -0.15) is 0 Å². The summed E-state index contributed by atoms with van der Waals surface area (Å²) in [6, 6.07) is 8.90. The van der Waals surface area contributed by atoms with Gasteiger partial charge in [-0.3, -0.25) is 9.59 Å². The molecular weight excluding hydrogens is 352 g/mol. The number of amides is 2. The fourth-order valence-electron chi connectivity index (χ4n) is 3.73. The number of rotatable bonds is 3. The van der Waals surface area contributed by atoms with E-state index in [-0.39, 0.29) is 35.8 Å². The molecule has 6 nitrogen and oxygen atoms in total. The van der Waals surface area contributed by atoms with Crippen LogP contribution in [0.25, 0.3) is 0 Å². The van der Waals surface area contributed by atoms with Gasteiger partial charge in [0.25, 0.3) is 0 Å². The van der Waals surface area contributed by atoms with Gasteiger partial charge in [-0.15, -0.1) is 0 Å². The highest BCUT2D eigenvalue weighted by Gasteiger charge is 2.38. The van der Waals surface area contributed by atoms with Crippen LogP contribution in [0.3, 0.4) is 0 Å². The molecule has 1 aromatic carbocycles. The maximum atomic E-state index is 13.1. The number of piperidine rings is 1. The quantitative estimate of drug-likeness (QED) is 0.748. The van der Waals surface area contributed by atoms with Gasteiger partial charge in [0.15, 0.2) is 9.84 Å². The van der Waals surface area contributed by atoms with Crippen LogP contribution in [-0.4, -0.2) is 61.2 Å². The molecule has 2 aliphatic heterocycles. The number of hydrogen-bond donors (Lipinski definition) is 0. The summed E-state index contributed by atoms with van der Waals surface area (Å²) in [5.41, 5.74) is 0.850. The van der Waals surface area contributed by atoms with Crippen LogP contribution < -0.4 is 0 Å². The largest absolute Gasteiger partial charge is 0.339 e. The minimum Gasteiger partial charge on any atom is -0.339 e. The Hall–Kier alpha value is -2.15. The summed E-state index contributed by atoms with van der Waals surface area (Å²) >= 11 is 0. The number of benzene rings is 1. The fourth-order valence-corrected chi connectivity index (χ4v) is 5.23. The molecule has 26 heavy (non-hydrogen) atoms. The lowest BCUT2D eigenvalue weighted by atomic mass is 9.93. The Kier molecular flexibility index (Phi) is 5.46. The number of nitrogens with zero attached hydrogens (tertiary/aromatic N) is 2. The molecule has 1 aromatic rings. The number of hydrogen-bond acceptors (Lipinski definition) is 4. The van der Waals surface area contributed by atoms with E-state index in [1.165, 1.54) is 6.08 Å². The lowest BCUT2D eigenvalue weighted by molar-refractivity contribution is -0.141. The van der Waals surface area contributed by atoms with Crippen molar-refractivity contribution in [2.75, 3.05) is 31.1 Å².